The van der Waals surface area contributed by atoms with Crippen molar-refractivity contribution >= 4 is 41.3 Å². The van der Waals surface area contributed by atoms with E-state index in [0.717, 1.165) is 29.7 Å². The topological polar surface area (TPSA) is 49.3 Å². The minimum atomic E-state index is -4.38. The van der Waals surface area contributed by atoms with E-state index >= 15 is 0 Å². The maximum Gasteiger partial charge on any atom is 0.434 e. The van der Waals surface area contributed by atoms with Crippen molar-refractivity contribution in [3.63, 3.8) is 0 Å². The van der Waals surface area contributed by atoms with Gasteiger partial charge in [-0.15, -0.1) is 35.3 Å². The number of nitrogens with zero attached hydrogens (tertiary/aromatic N) is 2. The average molecular weight is 484 g/mol. The van der Waals surface area contributed by atoms with Gasteiger partial charge < -0.3 is 10.6 Å². The Labute approximate surface area is 166 Å². The van der Waals surface area contributed by atoms with Crippen LogP contribution in [0.4, 0.5) is 13.2 Å². The highest BCUT2D eigenvalue weighted by Gasteiger charge is 2.33. The van der Waals surface area contributed by atoms with E-state index in [2.05, 4.69) is 32.7 Å². The summed E-state index contributed by atoms with van der Waals surface area (Å²) in [6.07, 6.45) is -3.10. The molecule has 0 aliphatic rings. The van der Waals surface area contributed by atoms with Crippen LogP contribution in [0.3, 0.4) is 0 Å². The van der Waals surface area contributed by atoms with E-state index in [1.165, 1.54) is 5.56 Å². The van der Waals surface area contributed by atoms with Crippen molar-refractivity contribution in [3.05, 3.63) is 52.0 Å². The van der Waals surface area contributed by atoms with Gasteiger partial charge in [-0.1, -0.05) is 30.3 Å². The summed E-state index contributed by atoms with van der Waals surface area (Å²) in [7, 11) is 1.66. The van der Waals surface area contributed by atoms with Gasteiger partial charge in [0.05, 0.1) is 5.01 Å². The Bertz CT molecular complexity index is 659. The van der Waals surface area contributed by atoms with Gasteiger partial charge in [0.2, 0.25) is 0 Å². The van der Waals surface area contributed by atoms with E-state index < -0.39 is 11.9 Å². The minimum Gasteiger partial charge on any atom is -0.356 e. The van der Waals surface area contributed by atoms with Crippen molar-refractivity contribution in [1.82, 2.24) is 15.6 Å². The number of halogens is 4. The van der Waals surface area contributed by atoms with Crippen LogP contribution in [-0.2, 0) is 19.0 Å². The third-order valence-electron chi connectivity index (χ3n) is 3.25. The predicted octanol–water partition coefficient (Wildman–Crippen LogP) is 3.73. The normalized spacial score (nSPS) is 11.8. The maximum atomic E-state index is 12.5. The van der Waals surface area contributed by atoms with Crippen LogP contribution in [0, 0.1) is 0 Å². The van der Waals surface area contributed by atoms with Crippen LogP contribution in [0.5, 0.6) is 0 Å². The van der Waals surface area contributed by atoms with Crippen LogP contribution in [0.15, 0.2) is 40.7 Å². The van der Waals surface area contributed by atoms with E-state index in [1.54, 1.807) is 7.05 Å². The molecule has 9 heteroatoms. The van der Waals surface area contributed by atoms with E-state index in [4.69, 9.17) is 0 Å². The van der Waals surface area contributed by atoms with Crippen molar-refractivity contribution < 1.29 is 13.2 Å². The average Bonchev–Trinajstić information content (AvgIpc) is 3.03. The molecule has 2 N–H and O–H groups in total. The Kier molecular flexibility index (Phi) is 9.19. The summed E-state index contributed by atoms with van der Waals surface area (Å²) in [5, 5.41) is 7.75. The summed E-state index contributed by atoms with van der Waals surface area (Å²) in [5.74, 6) is 0.624. The molecule has 0 bridgehead atoms. The van der Waals surface area contributed by atoms with E-state index in [0.29, 0.717) is 23.9 Å². The second-order valence-electron chi connectivity index (χ2n) is 5.04. The molecule has 0 atom stereocenters. The highest BCUT2D eigenvalue weighted by molar-refractivity contribution is 14.0. The zero-order valence-corrected chi connectivity index (χ0v) is 16.8. The molecule has 0 fully saturated rings. The van der Waals surface area contributed by atoms with Gasteiger partial charge in [0.15, 0.2) is 11.7 Å². The van der Waals surface area contributed by atoms with Crippen molar-refractivity contribution in [1.29, 1.82) is 0 Å². The second kappa shape index (κ2) is 10.6. The summed E-state index contributed by atoms with van der Waals surface area (Å²) in [5.41, 5.74) is 0.399. The number of nitrogens with one attached hydrogen (secondary N) is 2. The number of hydrogen-bond acceptors (Lipinski definition) is 3. The Morgan fingerprint density at radius 3 is 2.32 bits per heavy atom. The van der Waals surface area contributed by atoms with Crippen LogP contribution in [0.25, 0.3) is 0 Å². The van der Waals surface area contributed by atoms with E-state index in [-0.39, 0.29) is 24.0 Å². The standard InChI is InChI=1S/C16H19F3N4S.HI/c1-20-15(21-9-7-12-5-3-2-4-6-12)22-10-8-14-23-13(11-24-14)16(17,18)19;/h2-6,11H,7-10H2,1H3,(H2,20,21,22);1H. The first kappa shape index (κ1) is 21.7. The number of rotatable bonds is 6. The fourth-order valence-corrected chi connectivity index (χ4v) is 2.84. The summed E-state index contributed by atoms with van der Waals surface area (Å²) in [6.45, 7) is 1.19. The van der Waals surface area contributed by atoms with Crippen LogP contribution >= 0.6 is 35.3 Å². The molecule has 2 aromatic rings. The number of guanidine groups is 1. The number of aromatic nitrogens is 1. The van der Waals surface area contributed by atoms with Gasteiger partial charge in [0.25, 0.3) is 0 Å². The van der Waals surface area contributed by atoms with Gasteiger partial charge in [0.1, 0.15) is 0 Å². The lowest BCUT2D eigenvalue weighted by Crippen LogP contribution is -2.39. The molecule has 0 radical (unpaired) electrons. The highest BCUT2D eigenvalue weighted by atomic mass is 127. The van der Waals surface area contributed by atoms with Gasteiger partial charge in [-0.05, 0) is 12.0 Å². The molecule has 1 aromatic heterocycles. The van der Waals surface area contributed by atoms with Gasteiger partial charge in [-0.25, -0.2) is 4.98 Å². The fraction of sp³-hybridized carbons (Fsp3) is 0.375. The molecule has 0 unspecified atom stereocenters. The van der Waals surface area contributed by atoms with Crippen molar-refractivity contribution in [2.45, 2.75) is 19.0 Å². The van der Waals surface area contributed by atoms with Crippen LogP contribution in [0.1, 0.15) is 16.3 Å². The number of hydrogen-bond donors (Lipinski definition) is 2. The molecule has 0 aliphatic heterocycles. The molecular formula is C16H20F3IN4S. The molecule has 4 nitrogen and oxygen atoms in total. The van der Waals surface area contributed by atoms with E-state index in [9.17, 15) is 13.2 Å². The monoisotopic (exact) mass is 484 g/mol. The zero-order chi connectivity index (χ0) is 17.4. The molecule has 0 spiro atoms. The molecule has 0 saturated heterocycles. The number of alkyl halides is 3. The maximum absolute atomic E-state index is 12.5. The minimum absolute atomic E-state index is 0. The number of thiazole rings is 1. The lowest BCUT2D eigenvalue weighted by atomic mass is 10.1. The van der Waals surface area contributed by atoms with Crippen molar-refractivity contribution in [2.75, 3.05) is 20.1 Å². The molecule has 138 valence electrons. The molecule has 1 aromatic carbocycles. The van der Waals surface area contributed by atoms with Crippen LogP contribution in [-0.4, -0.2) is 31.1 Å². The van der Waals surface area contributed by atoms with Gasteiger partial charge in [0, 0.05) is 31.9 Å². The molecule has 25 heavy (non-hydrogen) atoms. The Hall–Kier alpha value is -1.36. The van der Waals surface area contributed by atoms with Gasteiger partial charge in [-0.2, -0.15) is 13.2 Å². The molecule has 0 saturated carbocycles. The summed E-state index contributed by atoms with van der Waals surface area (Å²) in [4.78, 5) is 7.69. The Morgan fingerprint density at radius 2 is 1.76 bits per heavy atom. The van der Waals surface area contributed by atoms with E-state index in [1.807, 2.05) is 18.2 Å². The second-order valence-corrected chi connectivity index (χ2v) is 5.98. The zero-order valence-electron chi connectivity index (χ0n) is 13.6. The predicted molar refractivity (Wildman–Crippen MR) is 106 cm³/mol. The van der Waals surface area contributed by atoms with Crippen molar-refractivity contribution in [3.8, 4) is 0 Å². The third-order valence-corrected chi connectivity index (χ3v) is 4.15. The van der Waals surface area contributed by atoms with Crippen molar-refractivity contribution in [2.24, 2.45) is 4.99 Å². The Morgan fingerprint density at radius 1 is 1.12 bits per heavy atom. The van der Waals surface area contributed by atoms with Crippen LogP contribution < -0.4 is 10.6 Å². The molecule has 2 rings (SSSR count). The van der Waals surface area contributed by atoms with Gasteiger partial charge >= 0.3 is 6.18 Å². The van der Waals surface area contributed by atoms with Gasteiger partial charge in [-0.3, -0.25) is 4.99 Å². The Balaban J connectivity index is 0.00000312. The summed E-state index contributed by atoms with van der Waals surface area (Å²) >= 11 is 1.02. The fourth-order valence-electron chi connectivity index (χ4n) is 2.03. The first-order chi connectivity index (χ1) is 11.5. The molecule has 0 amide bonds. The smallest absolute Gasteiger partial charge is 0.356 e. The first-order valence-corrected chi connectivity index (χ1v) is 8.37. The summed E-state index contributed by atoms with van der Waals surface area (Å²) in [6, 6.07) is 10.1. The molecule has 0 aliphatic carbocycles. The highest BCUT2D eigenvalue weighted by Crippen LogP contribution is 2.29. The largest absolute Gasteiger partial charge is 0.434 e. The lowest BCUT2D eigenvalue weighted by molar-refractivity contribution is -0.140. The number of aliphatic imine (C=N–C) groups is 1. The summed E-state index contributed by atoms with van der Waals surface area (Å²) < 4.78 is 37.5. The molecular weight excluding hydrogens is 464 g/mol. The SMILES string of the molecule is CN=C(NCCc1ccccc1)NCCc1nc(C(F)(F)F)cs1.I. The number of benzene rings is 1. The lowest BCUT2D eigenvalue weighted by Gasteiger charge is -2.11. The first-order valence-electron chi connectivity index (χ1n) is 7.49. The molecule has 1 heterocycles. The van der Waals surface area contributed by atoms with Crippen LogP contribution in [0.2, 0.25) is 0 Å². The third kappa shape index (κ3) is 7.59. The quantitative estimate of drug-likeness (QED) is 0.374.